The van der Waals surface area contributed by atoms with Crippen molar-refractivity contribution in [2.24, 2.45) is 0 Å². The SMILES string of the molecule is Cc1cc(Br)c(F)cc1Nc1nc(Br)cs1. The lowest BCUT2D eigenvalue weighted by atomic mass is 10.2. The first-order valence-corrected chi connectivity index (χ1v) is 6.86. The van der Waals surface area contributed by atoms with E-state index in [-0.39, 0.29) is 5.82 Å². The summed E-state index contributed by atoms with van der Waals surface area (Å²) in [6, 6.07) is 3.19. The van der Waals surface area contributed by atoms with Crippen molar-refractivity contribution in [2.75, 3.05) is 5.32 Å². The molecule has 1 heterocycles. The van der Waals surface area contributed by atoms with E-state index in [1.807, 2.05) is 12.3 Å². The Morgan fingerprint density at radius 1 is 1.38 bits per heavy atom. The van der Waals surface area contributed by atoms with Gasteiger partial charge in [0.1, 0.15) is 10.4 Å². The third kappa shape index (κ3) is 2.61. The van der Waals surface area contributed by atoms with E-state index in [0.29, 0.717) is 4.47 Å². The van der Waals surface area contributed by atoms with E-state index in [4.69, 9.17) is 0 Å². The van der Waals surface area contributed by atoms with Crippen molar-refractivity contribution in [3.63, 3.8) is 0 Å². The standard InChI is InChI=1S/C10H7Br2FN2S/c1-5-2-6(11)7(13)3-8(5)14-10-15-9(12)4-16-10/h2-4H,1H3,(H,14,15). The molecule has 1 N–H and O–H groups in total. The van der Waals surface area contributed by atoms with Gasteiger partial charge in [0.15, 0.2) is 5.13 Å². The normalized spacial score (nSPS) is 10.5. The Bertz CT molecular complexity index is 528. The van der Waals surface area contributed by atoms with E-state index in [1.54, 1.807) is 6.07 Å². The molecule has 2 nitrogen and oxygen atoms in total. The van der Waals surface area contributed by atoms with E-state index < -0.39 is 0 Å². The zero-order valence-electron chi connectivity index (χ0n) is 8.22. The molecule has 2 aromatic rings. The molecule has 1 aromatic heterocycles. The van der Waals surface area contributed by atoms with Crippen LogP contribution in [0.5, 0.6) is 0 Å². The number of halogens is 3. The van der Waals surface area contributed by atoms with E-state index in [1.165, 1.54) is 17.4 Å². The number of thiazole rings is 1. The Balaban J connectivity index is 2.31. The molecule has 0 bridgehead atoms. The van der Waals surface area contributed by atoms with Gasteiger partial charge in [0.2, 0.25) is 0 Å². The predicted molar refractivity (Wildman–Crippen MR) is 71.9 cm³/mol. The Morgan fingerprint density at radius 2 is 2.12 bits per heavy atom. The van der Waals surface area contributed by atoms with Gasteiger partial charge in [-0.05, 0) is 56.5 Å². The number of rotatable bonds is 2. The minimum absolute atomic E-state index is 0.288. The van der Waals surface area contributed by atoms with Gasteiger partial charge in [-0.15, -0.1) is 11.3 Å². The fraction of sp³-hybridized carbons (Fsp3) is 0.100. The fourth-order valence-corrected chi connectivity index (χ4v) is 2.82. The second-order valence-electron chi connectivity index (χ2n) is 3.18. The largest absolute Gasteiger partial charge is 0.331 e. The minimum Gasteiger partial charge on any atom is -0.331 e. The molecule has 0 radical (unpaired) electrons. The Hall–Kier alpha value is -0.460. The lowest BCUT2D eigenvalue weighted by molar-refractivity contribution is 0.621. The van der Waals surface area contributed by atoms with Crippen LogP contribution in [0.2, 0.25) is 0 Å². The van der Waals surface area contributed by atoms with Crippen molar-refractivity contribution in [3.8, 4) is 0 Å². The molecule has 0 aliphatic rings. The molecular formula is C10H7Br2FN2S. The maximum absolute atomic E-state index is 13.4. The van der Waals surface area contributed by atoms with E-state index >= 15 is 0 Å². The van der Waals surface area contributed by atoms with Gasteiger partial charge < -0.3 is 5.32 Å². The smallest absolute Gasteiger partial charge is 0.188 e. The molecule has 0 aliphatic heterocycles. The quantitative estimate of drug-likeness (QED) is 0.821. The number of anilines is 2. The molecule has 0 unspecified atom stereocenters. The van der Waals surface area contributed by atoms with Gasteiger partial charge in [0.25, 0.3) is 0 Å². The highest BCUT2D eigenvalue weighted by Gasteiger charge is 2.07. The summed E-state index contributed by atoms with van der Waals surface area (Å²) in [5.74, 6) is -0.288. The molecule has 2 rings (SSSR count). The van der Waals surface area contributed by atoms with Gasteiger partial charge in [-0.25, -0.2) is 9.37 Å². The molecule has 84 valence electrons. The van der Waals surface area contributed by atoms with Crippen LogP contribution in [0.1, 0.15) is 5.56 Å². The first-order valence-electron chi connectivity index (χ1n) is 4.40. The van der Waals surface area contributed by atoms with Gasteiger partial charge in [-0.1, -0.05) is 0 Å². The molecule has 0 spiro atoms. The number of aromatic nitrogens is 1. The zero-order chi connectivity index (χ0) is 11.7. The summed E-state index contributed by atoms with van der Waals surface area (Å²) >= 11 is 7.87. The van der Waals surface area contributed by atoms with E-state index in [2.05, 4.69) is 42.2 Å². The number of aryl methyl sites for hydroxylation is 1. The summed E-state index contributed by atoms with van der Waals surface area (Å²) in [5, 5.41) is 5.68. The molecule has 1 aromatic carbocycles. The van der Waals surface area contributed by atoms with E-state index in [0.717, 1.165) is 21.0 Å². The van der Waals surface area contributed by atoms with Crippen LogP contribution in [0.15, 0.2) is 26.6 Å². The van der Waals surface area contributed by atoms with Gasteiger partial charge in [0, 0.05) is 11.1 Å². The predicted octanol–water partition coefficient (Wildman–Crippen LogP) is 4.86. The molecule has 0 amide bonds. The summed E-state index contributed by atoms with van der Waals surface area (Å²) in [6.07, 6.45) is 0. The fourth-order valence-electron chi connectivity index (χ4n) is 1.21. The van der Waals surface area contributed by atoms with Crippen molar-refractivity contribution in [3.05, 3.63) is 38.0 Å². The summed E-state index contributed by atoms with van der Waals surface area (Å²) < 4.78 is 14.6. The maximum atomic E-state index is 13.4. The topological polar surface area (TPSA) is 24.9 Å². The van der Waals surface area contributed by atoms with E-state index in [9.17, 15) is 4.39 Å². The third-order valence-corrected chi connectivity index (χ3v) is 4.06. The highest BCUT2D eigenvalue weighted by atomic mass is 79.9. The van der Waals surface area contributed by atoms with Crippen molar-refractivity contribution in [2.45, 2.75) is 6.92 Å². The first-order chi connectivity index (χ1) is 7.56. The number of nitrogens with zero attached hydrogens (tertiary/aromatic N) is 1. The summed E-state index contributed by atoms with van der Waals surface area (Å²) in [6.45, 7) is 1.91. The van der Waals surface area contributed by atoms with Crippen molar-refractivity contribution < 1.29 is 4.39 Å². The van der Waals surface area contributed by atoms with Crippen LogP contribution in [-0.2, 0) is 0 Å². The number of hydrogen-bond donors (Lipinski definition) is 1. The minimum atomic E-state index is -0.288. The van der Waals surface area contributed by atoms with Gasteiger partial charge >= 0.3 is 0 Å². The Kier molecular flexibility index (Phi) is 3.61. The third-order valence-electron chi connectivity index (χ3n) is 1.99. The van der Waals surface area contributed by atoms with Crippen LogP contribution < -0.4 is 5.32 Å². The molecule has 6 heteroatoms. The summed E-state index contributed by atoms with van der Waals surface area (Å²) in [5.41, 5.74) is 1.68. The average molecular weight is 366 g/mol. The van der Waals surface area contributed by atoms with Gasteiger partial charge in [-0.2, -0.15) is 0 Å². The van der Waals surface area contributed by atoms with Crippen LogP contribution in [0, 0.1) is 12.7 Å². The first kappa shape index (κ1) is 12.0. The Labute approximate surface area is 113 Å². The lowest BCUT2D eigenvalue weighted by Gasteiger charge is -2.07. The van der Waals surface area contributed by atoms with Crippen LogP contribution >= 0.6 is 43.2 Å². The zero-order valence-corrected chi connectivity index (χ0v) is 12.2. The summed E-state index contributed by atoms with van der Waals surface area (Å²) in [7, 11) is 0. The molecular weight excluding hydrogens is 359 g/mol. The second kappa shape index (κ2) is 4.81. The molecule has 0 fully saturated rings. The highest BCUT2D eigenvalue weighted by molar-refractivity contribution is 9.10. The van der Waals surface area contributed by atoms with Gasteiger partial charge in [-0.3, -0.25) is 0 Å². The van der Waals surface area contributed by atoms with Crippen molar-refractivity contribution in [1.29, 1.82) is 0 Å². The summed E-state index contributed by atoms with van der Waals surface area (Å²) in [4.78, 5) is 4.19. The monoisotopic (exact) mass is 364 g/mol. The number of benzene rings is 1. The molecule has 0 saturated carbocycles. The molecule has 0 aliphatic carbocycles. The maximum Gasteiger partial charge on any atom is 0.188 e. The van der Waals surface area contributed by atoms with Crippen molar-refractivity contribution >= 4 is 54.0 Å². The van der Waals surface area contributed by atoms with Crippen LogP contribution in [0.4, 0.5) is 15.2 Å². The van der Waals surface area contributed by atoms with Crippen molar-refractivity contribution in [1.82, 2.24) is 4.98 Å². The van der Waals surface area contributed by atoms with Gasteiger partial charge in [0.05, 0.1) is 4.47 Å². The number of hydrogen-bond acceptors (Lipinski definition) is 3. The molecule has 0 saturated heterocycles. The van der Waals surface area contributed by atoms with Crippen LogP contribution in [-0.4, -0.2) is 4.98 Å². The lowest BCUT2D eigenvalue weighted by Crippen LogP contribution is -1.94. The Morgan fingerprint density at radius 3 is 2.75 bits per heavy atom. The average Bonchev–Trinajstić information content (AvgIpc) is 2.60. The van der Waals surface area contributed by atoms with Crippen LogP contribution in [0.3, 0.4) is 0 Å². The molecule has 0 atom stereocenters. The highest BCUT2D eigenvalue weighted by Crippen LogP contribution is 2.28. The number of nitrogens with one attached hydrogen (secondary N) is 1. The second-order valence-corrected chi connectivity index (χ2v) is 5.71. The molecule has 16 heavy (non-hydrogen) atoms. The van der Waals surface area contributed by atoms with Crippen LogP contribution in [0.25, 0.3) is 0 Å².